The number of fused-ring (bicyclic) bond motifs is 3. The summed E-state index contributed by atoms with van der Waals surface area (Å²) in [5, 5.41) is 1.97. The molecule has 0 spiro atoms. The van der Waals surface area contributed by atoms with Crippen LogP contribution in [0, 0.1) is 0 Å². The molecule has 26 heavy (non-hydrogen) atoms. The molecule has 0 aliphatic heterocycles. The minimum atomic E-state index is -3.56. The highest BCUT2D eigenvalue weighted by Crippen LogP contribution is 2.50. The smallest absolute Gasteiger partial charge is 0.305 e. The topological polar surface area (TPSA) is 57.5 Å². The van der Waals surface area contributed by atoms with Crippen LogP contribution >= 0.6 is 7.60 Å². The van der Waals surface area contributed by atoms with Crippen LogP contribution in [-0.2, 0) is 13.6 Å². The molecule has 0 unspecified atom stereocenters. The highest BCUT2D eigenvalue weighted by Gasteiger charge is 2.32. The lowest BCUT2D eigenvalue weighted by molar-refractivity contribution is 0.0923. The Bertz CT molecular complexity index is 923. The van der Waals surface area contributed by atoms with Crippen LogP contribution in [0.3, 0.4) is 0 Å². The second-order valence-corrected chi connectivity index (χ2v) is 8.80. The molecule has 0 saturated heterocycles. The number of hydrogen-bond donors (Lipinski definition) is 0. The molecule has 0 N–H and O–H groups in total. The summed E-state index contributed by atoms with van der Waals surface area (Å²) in [6.45, 7) is 7.12. The average Bonchev–Trinajstić information content (AvgIpc) is 2.87. The van der Waals surface area contributed by atoms with Crippen molar-refractivity contribution < 1.29 is 18.4 Å². The molecule has 0 aliphatic carbocycles. The van der Waals surface area contributed by atoms with E-state index in [1.165, 1.54) is 0 Å². The maximum Gasteiger partial charge on any atom is 0.340 e. The van der Waals surface area contributed by atoms with Gasteiger partial charge in [0, 0.05) is 10.8 Å². The summed E-state index contributed by atoms with van der Waals surface area (Å²) in [6.07, 6.45) is -0.900. The van der Waals surface area contributed by atoms with Crippen LogP contribution in [0.25, 0.3) is 21.8 Å². The van der Waals surface area contributed by atoms with Crippen LogP contribution in [0.1, 0.15) is 32.5 Å². The molecule has 3 rings (SSSR count). The average molecular weight is 373 g/mol. The number of para-hydroxylation sites is 2. The minimum Gasteiger partial charge on any atom is -0.305 e. The van der Waals surface area contributed by atoms with Gasteiger partial charge in [0.15, 0.2) is 0 Å². The number of benzene rings is 2. The van der Waals surface area contributed by atoms with E-state index in [9.17, 15) is 9.36 Å². The van der Waals surface area contributed by atoms with Crippen LogP contribution < -0.4 is 0 Å². The van der Waals surface area contributed by atoms with Crippen LogP contribution in [0.15, 0.2) is 48.5 Å². The fourth-order valence-corrected chi connectivity index (χ4v) is 5.13. The van der Waals surface area contributed by atoms with E-state index in [4.69, 9.17) is 9.05 Å². The molecule has 1 aromatic heterocycles. The molecule has 5 nitrogen and oxygen atoms in total. The lowest BCUT2D eigenvalue weighted by Crippen LogP contribution is -2.19. The summed E-state index contributed by atoms with van der Waals surface area (Å²) < 4.78 is 25.8. The fourth-order valence-electron chi connectivity index (χ4n) is 3.17. The van der Waals surface area contributed by atoms with Crippen molar-refractivity contribution in [3.05, 3.63) is 48.5 Å². The monoisotopic (exact) mass is 373 g/mol. The van der Waals surface area contributed by atoms with E-state index in [0.29, 0.717) is 0 Å². The van der Waals surface area contributed by atoms with Crippen molar-refractivity contribution in [3.63, 3.8) is 0 Å². The standard InChI is InChI=1S/C20H24NO4P/c1-14(2)24-26(23,25-15(3)4)13-20(22)21-18-11-7-5-9-16(18)17-10-6-8-12-19(17)21/h5-12,14-15H,13H2,1-4H3. The van der Waals surface area contributed by atoms with Gasteiger partial charge in [0.2, 0.25) is 5.91 Å². The second kappa shape index (κ2) is 7.36. The summed E-state index contributed by atoms with van der Waals surface area (Å²) in [7, 11) is -3.56. The number of nitrogens with zero attached hydrogens (tertiary/aromatic N) is 1. The Morgan fingerprint density at radius 1 is 0.885 bits per heavy atom. The molecule has 6 heteroatoms. The van der Waals surface area contributed by atoms with Crippen molar-refractivity contribution in [2.45, 2.75) is 39.9 Å². The number of rotatable bonds is 6. The number of hydrogen-bond acceptors (Lipinski definition) is 4. The van der Waals surface area contributed by atoms with Crippen molar-refractivity contribution in [2.24, 2.45) is 0 Å². The third-order valence-electron chi connectivity index (χ3n) is 3.90. The first-order valence-electron chi connectivity index (χ1n) is 8.78. The highest BCUT2D eigenvalue weighted by atomic mass is 31.2. The lowest BCUT2D eigenvalue weighted by Gasteiger charge is -2.22. The lowest BCUT2D eigenvalue weighted by atomic mass is 10.2. The van der Waals surface area contributed by atoms with Gasteiger partial charge < -0.3 is 9.05 Å². The summed E-state index contributed by atoms with van der Waals surface area (Å²) in [4.78, 5) is 13.1. The molecule has 138 valence electrons. The van der Waals surface area contributed by atoms with E-state index in [1.807, 2.05) is 48.5 Å². The zero-order chi connectivity index (χ0) is 18.9. The Balaban J connectivity index is 2.07. The van der Waals surface area contributed by atoms with Crippen molar-refractivity contribution in [1.29, 1.82) is 0 Å². The Kier molecular flexibility index (Phi) is 5.33. The second-order valence-electron chi connectivity index (χ2n) is 6.84. The summed E-state index contributed by atoms with van der Waals surface area (Å²) >= 11 is 0. The summed E-state index contributed by atoms with van der Waals surface area (Å²) in [6, 6.07) is 15.4. The maximum absolute atomic E-state index is 13.1. The van der Waals surface area contributed by atoms with E-state index < -0.39 is 7.60 Å². The summed E-state index contributed by atoms with van der Waals surface area (Å²) in [5.74, 6) is -0.299. The number of aromatic nitrogens is 1. The van der Waals surface area contributed by atoms with Gasteiger partial charge in [-0.05, 0) is 39.8 Å². The zero-order valence-electron chi connectivity index (χ0n) is 15.5. The third-order valence-corrected chi connectivity index (χ3v) is 6.04. The normalized spacial score (nSPS) is 12.5. The Morgan fingerprint density at radius 2 is 1.31 bits per heavy atom. The van der Waals surface area contributed by atoms with Gasteiger partial charge in [-0.15, -0.1) is 0 Å². The largest absolute Gasteiger partial charge is 0.340 e. The first-order chi connectivity index (χ1) is 12.3. The van der Waals surface area contributed by atoms with Crippen molar-refractivity contribution in [1.82, 2.24) is 4.57 Å². The summed E-state index contributed by atoms with van der Waals surface area (Å²) in [5.41, 5.74) is 1.58. The van der Waals surface area contributed by atoms with Gasteiger partial charge in [-0.1, -0.05) is 36.4 Å². The van der Waals surface area contributed by atoms with E-state index in [0.717, 1.165) is 21.8 Å². The van der Waals surface area contributed by atoms with Gasteiger partial charge in [-0.2, -0.15) is 0 Å². The van der Waals surface area contributed by atoms with E-state index in [2.05, 4.69) is 0 Å². The highest BCUT2D eigenvalue weighted by molar-refractivity contribution is 7.54. The Labute approximate surface area is 153 Å². The van der Waals surface area contributed by atoms with E-state index in [-0.39, 0.29) is 24.3 Å². The van der Waals surface area contributed by atoms with Crippen LogP contribution in [-0.4, -0.2) is 28.8 Å². The van der Waals surface area contributed by atoms with Gasteiger partial charge >= 0.3 is 7.60 Å². The van der Waals surface area contributed by atoms with Crippen molar-refractivity contribution in [3.8, 4) is 0 Å². The molecule has 0 bridgehead atoms. The first kappa shape index (κ1) is 18.8. The van der Waals surface area contributed by atoms with Gasteiger partial charge in [-0.25, -0.2) is 0 Å². The quantitative estimate of drug-likeness (QED) is 0.537. The van der Waals surface area contributed by atoms with Crippen molar-refractivity contribution >= 4 is 35.3 Å². The molecule has 0 saturated carbocycles. The van der Waals surface area contributed by atoms with Gasteiger partial charge in [0.05, 0.1) is 23.2 Å². The molecule has 0 aliphatic rings. The molecule has 3 aromatic rings. The molecule has 1 heterocycles. The molecule has 0 radical (unpaired) electrons. The molecular weight excluding hydrogens is 349 g/mol. The predicted molar refractivity (Wildman–Crippen MR) is 105 cm³/mol. The van der Waals surface area contributed by atoms with Gasteiger partial charge in [0.25, 0.3) is 0 Å². The molecule has 0 amide bonds. The predicted octanol–water partition coefficient (Wildman–Crippen LogP) is 5.48. The molecule has 0 fully saturated rings. The Morgan fingerprint density at radius 3 is 1.73 bits per heavy atom. The number of carbonyl (C=O) groups is 1. The van der Waals surface area contributed by atoms with Crippen LogP contribution in [0.4, 0.5) is 0 Å². The number of carbonyl (C=O) groups excluding carboxylic acids is 1. The molecule has 0 atom stereocenters. The molecule has 2 aromatic carbocycles. The fraction of sp³-hybridized carbons (Fsp3) is 0.350. The van der Waals surface area contributed by atoms with Gasteiger partial charge in [0.1, 0.15) is 6.16 Å². The van der Waals surface area contributed by atoms with Crippen LogP contribution in [0.2, 0.25) is 0 Å². The zero-order valence-corrected chi connectivity index (χ0v) is 16.4. The first-order valence-corrected chi connectivity index (χ1v) is 10.5. The van der Waals surface area contributed by atoms with E-state index in [1.54, 1.807) is 32.3 Å². The van der Waals surface area contributed by atoms with Crippen molar-refractivity contribution in [2.75, 3.05) is 6.16 Å². The minimum absolute atomic E-state index is 0.299. The van der Waals surface area contributed by atoms with Gasteiger partial charge in [-0.3, -0.25) is 13.9 Å². The Hall–Kier alpha value is -1.94. The van der Waals surface area contributed by atoms with Crippen LogP contribution in [0.5, 0.6) is 0 Å². The molecular formula is C20H24NO4P. The SMILES string of the molecule is CC(C)OP(=O)(CC(=O)n1c2ccccc2c2ccccc21)OC(C)C. The van der Waals surface area contributed by atoms with E-state index >= 15 is 0 Å². The maximum atomic E-state index is 13.1. The third kappa shape index (κ3) is 3.75.